The summed E-state index contributed by atoms with van der Waals surface area (Å²) in [5.41, 5.74) is 7.03. The number of hydrogen-bond donors (Lipinski definition) is 2. The minimum atomic E-state index is -0.248. The highest BCUT2D eigenvalue weighted by molar-refractivity contribution is 5.76. The fourth-order valence-corrected chi connectivity index (χ4v) is 1.40. The SMILES string of the molecule is CCC(N)CC(=O)NCc1ccc(C)c(F)c1. The summed E-state index contributed by atoms with van der Waals surface area (Å²) in [6.45, 7) is 3.98. The molecule has 3 nitrogen and oxygen atoms in total. The van der Waals surface area contributed by atoms with Gasteiger partial charge in [0, 0.05) is 19.0 Å². The number of nitrogens with two attached hydrogens (primary N) is 1. The molecule has 0 aromatic heterocycles. The van der Waals surface area contributed by atoms with Gasteiger partial charge in [-0.25, -0.2) is 4.39 Å². The van der Waals surface area contributed by atoms with Crippen LogP contribution in [0.1, 0.15) is 30.9 Å². The van der Waals surface area contributed by atoms with Gasteiger partial charge in [-0.15, -0.1) is 0 Å². The van der Waals surface area contributed by atoms with Crippen molar-refractivity contribution in [3.05, 3.63) is 35.1 Å². The Bertz CT molecular complexity index is 393. The highest BCUT2D eigenvalue weighted by Crippen LogP contribution is 2.08. The molecule has 0 aliphatic rings. The van der Waals surface area contributed by atoms with Crippen molar-refractivity contribution in [3.8, 4) is 0 Å². The van der Waals surface area contributed by atoms with Gasteiger partial charge in [-0.1, -0.05) is 19.1 Å². The van der Waals surface area contributed by atoms with E-state index in [1.54, 1.807) is 19.1 Å². The Kier molecular flexibility index (Phi) is 5.10. The summed E-state index contributed by atoms with van der Waals surface area (Å²) in [4.78, 5) is 11.5. The smallest absolute Gasteiger partial charge is 0.221 e. The summed E-state index contributed by atoms with van der Waals surface area (Å²) in [5.74, 6) is -0.345. The monoisotopic (exact) mass is 238 g/mol. The molecule has 0 saturated carbocycles. The number of halogens is 1. The molecule has 0 bridgehead atoms. The van der Waals surface area contributed by atoms with Crippen molar-refractivity contribution in [2.24, 2.45) is 5.73 Å². The van der Waals surface area contributed by atoms with E-state index in [9.17, 15) is 9.18 Å². The van der Waals surface area contributed by atoms with Crippen molar-refractivity contribution in [3.63, 3.8) is 0 Å². The Labute approximate surface area is 101 Å². The summed E-state index contributed by atoms with van der Waals surface area (Å²) in [7, 11) is 0. The van der Waals surface area contributed by atoms with Crippen LogP contribution in [-0.4, -0.2) is 11.9 Å². The van der Waals surface area contributed by atoms with E-state index < -0.39 is 0 Å². The molecule has 0 spiro atoms. The lowest BCUT2D eigenvalue weighted by molar-refractivity contribution is -0.121. The Morgan fingerprint density at radius 2 is 2.24 bits per heavy atom. The van der Waals surface area contributed by atoms with Gasteiger partial charge in [0.15, 0.2) is 0 Å². The molecule has 0 saturated heterocycles. The fourth-order valence-electron chi connectivity index (χ4n) is 1.40. The number of amides is 1. The van der Waals surface area contributed by atoms with Crippen molar-refractivity contribution >= 4 is 5.91 Å². The molecule has 0 aliphatic heterocycles. The first-order valence-corrected chi connectivity index (χ1v) is 5.80. The predicted octanol–water partition coefficient (Wildman–Crippen LogP) is 1.88. The minimum absolute atomic E-state index is 0.0969. The Morgan fingerprint density at radius 1 is 1.53 bits per heavy atom. The molecular formula is C13H19FN2O. The van der Waals surface area contributed by atoms with Crippen molar-refractivity contribution in [1.29, 1.82) is 0 Å². The van der Waals surface area contributed by atoms with Crippen molar-refractivity contribution in [2.75, 3.05) is 0 Å². The zero-order valence-corrected chi connectivity index (χ0v) is 10.3. The predicted molar refractivity (Wildman–Crippen MR) is 65.9 cm³/mol. The second-order valence-corrected chi connectivity index (χ2v) is 4.23. The maximum atomic E-state index is 13.2. The molecule has 1 rings (SSSR count). The third-order valence-electron chi connectivity index (χ3n) is 2.70. The third-order valence-corrected chi connectivity index (χ3v) is 2.70. The van der Waals surface area contributed by atoms with Gasteiger partial charge in [-0.05, 0) is 30.5 Å². The summed E-state index contributed by atoms with van der Waals surface area (Å²) in [5, 5.41) is 2.73. The van der Waals surface area contributed by atoms with Gasteiger partial charge >= 0.3 is 0 Å². The van der Waals surface area contributed by atoms with E-state index in [2.05, 4.69) is 5.32 Å². The second kappa shape index (κ2) is 6.35. The fraction of sp³-hybridized carbons (Fsp3) is 0.462. The van der Waals surface area contributed by atoms with Crippen LogP contribution in [0, 0.1) is 12.7 Å². The van der Waals surface area contributed by atoms with E-state index in [1.807, 2.05) is 6.92 Å². The van der Waals surface area contributed by atoms with Crippen LogP contribution < -0.4 is 11.1 Å². The van der Waals surface area contributed by atoms with Crippen LogP contribution in [0.15, 0.2) is 18.2 Å². The van der Waals surface area contributed by atoms with E-state index in [-0.39, 0.29) is 17.8 Å². The van der Waals surface area contributed by atoms with Crippen molar-refractivity contribution < 1.29 is 9.18 Å². The van der Waals surface area contributed by atoms with Crippen LogP contribution in [0.25, 0.3) is 0 Å². The Hall–Kier alpha value is -1.42. The van der Waals surface area contributed by atoms with Gasteiger partial charge in [0.2, 0.25) is 5.91 Å². The maximum absolute atomic E-state index is 13.2. The van der Waals surface area contributed by atoms with Crippen LogP contribution in [0.2, 0.25) is 0 Å². The van der Waals surface area contributed by atoms with Crippen LogP contribution in [0.4, 0.5) is 4.39 Å². The number of carbonyl (C=O) groups is 1. The summed E-state index contributed by atoms with van der Waals surface area (Å²) >= 11 is 0. The number of hydrogen-bond acceptors (Lipinski definition) is 2. The van der Waals surface area contributed by atoms with Gasteiger partial charge in [0.05, 0.1) is 0 Å². The maximum Gasteiger partial charge on any atom is 0.221 e. The Balaban J connectivity index is 2.45. The molecular weight excluding hydrogens is 219 g/mol. The number of benzene rings is 1. The van der Waals surface area contributed by atoms with Crippen molar-refractivity contribution in [1.82, 2.24) is 5.32 Å². The topological polar surface area (TPSA) is 55.1 Å². The average Bonchev–Trinajstić information content (AvgIpc) is 2.30. The molecule has 1 aromatic carbocycles. The molecule has 1 atom stereocenters. The van der Waals surface area contributed by atoms with Gasteiger partial charge < -0.3 is 11.1 Å². The normalized spacial score (nSPS) is 12.2. The lowest BCUT2D eigenvalue weighted by atomic mass is 10.1. The van der Waals surface area contributed by atoms with E-state index in [0.29, 0.717) is 18.5 Å². The van der Waals surface area contributed by atoms with Crippen LogP contribution in [0.5, 0.6) is 0 Å². The molecule has 1 unspecified atom stereocenters. The summed E-state index contributed by atoms with van der Waals surface area (Å²) in [6, 6.07) is 4.84. The molecule has 0 heterocycles. The average molecular weight is 238 g/mol. The van der Waals surface area contributed by atoms with Gasteiger partial charge in [0.25, 0.3) is 0 Å². The molecule has 1 aromatic rings. The second-order valence-electron chi connectivity index (χ2n) is 4.23. The Morgan fingerprint density at radius 3 is 2.82 bits per heavy atom. The van der Waals surface area contributed by atoms with Gasteiger partial charge in [-0.3, -0.25) is 4.79 Å². The molecule has 0 radical (unpaired) electrons. The van der Waals surface area contributed by atoms with Crippen LogP contribution in [-0.2, 0) is 11.3 Å². The van der Waals surface area contributed by atoms with E-state index >= 15 is 0 Å². The van der Waals surface area contributed by atoms with Crippen molar-refractivity contribution in [2.45, 2.75) is 39.3 Å². The molecule has 3 N–H and O–H groups in total. The number of nitrogens with one attached hydrogen (secondary N) is 1. The largest absolute Gasteiger partial charge is 0.352 e. The van der Waals surface area contributed by atoms with Gasteiger partial charge in [-0.2, -0.15) is 0 Å². The quantitative estimate of drug-likeness (QED) is 0.823. The summed E-state index contributed by atoms with van der Waals surface area (Å²) in [6.07, 6.45) is 1.08. The lowest BCUT2D eigenvalue weighted by Crippen LogP contribution is -2.30. The van der Waals surface area contributed by atoms with E-state index in [0.717, 1.165) is 12.0 Å². The zero-order valence-electron chi connectivity index (χ0n) is 10.3. The van der Waals surface area contributed by atoms with E-state index in [1.165, 1.54) is 6.07 Å². The van der Waals surface area contributed by atoms with Gasteiger partial charge in [0.1, 0.15) is 5.82 Å². The number of aryl methyl sites for hydroxylation is 1. The van der Waals surface area contributed by atoms with Crippen LogP contribution in [0.3, 0.4) is 0 Å². The first-order valence-electron chi connectivity index (χ1n) is 5.80. The minimum Gasteiger partial charge on any atom is -0.352 e. The number of carbonyl (C=O) groups excluding carboxylic acids is 1. The number of rotatable bonds is 5. The zero-order chi connectivity index (χ0) is 12.8. The highest BCUT2D eigenvalue weighted by Gasteiger charge is 2.07. The standard InChI is InChI=1S/C13H19FN2O/c1-3-11(15)7-13(17)16-8-10-5-4-9(2)12(14)6-10/h4-6,11H,3,7-8,15H2,1-2H3,(H,16,17). The highest BCUT2D eigenvalue weighted by atomic mass is 19.1. The van der Waals surface area contributed by atoms with E-state index in [4.69, 9.17) is 5.73 Å². The molecule has 94 valence electrons. The molecule has 0 aliphatic carbocycles. The first kappa shape index (κ1) is 13.6. The third kappa shape index (κ3) is 4.53. The first-order chi connectivity index (χ1) is 8.02. The summed E-state index contributed by atoms with van der Waals surface area (Å²) < 4.78 is 13.2. The molecule has 0 fully saturated rings. The van der Waals surface area contributed by atoms with Crippen LogP contribution >= 0.6 is 0 Å². The molecule has 17 heavy (non-hydrogen) atoms. The molecule has 1 amide bonds. The molecule has 4 heteroatoms. The lowest BCUT2D eigenvalue weighted by Gasteiger charge is -2.09.